The lowest BCUT2D eigenvalue weighted by Gasteiger charge is -2.22. The fraction of sp³-hybridized carbons (Fsp3) is 0.316. The van der Waals surface area contributed by atoms with Gasteiger partial charge in [-0.25, -0.2) is 8.42 Å². The molecule has 9 heteroatoms. The molecule has 0 aliphatic rings. The van der Waals surface area contributed by atoms with Crippen LogP contribution < -0.4 is 14.4 Å². The van der Waals surface area contributed by atoms with Crippen LogP contribution in [0.25, 0.3) is 0 Å². The van der Waals surface area contributed by atoms with Gasteiger partial charge in [-0.05, 0) is 65.4 Å². The van der Waals surface area contributed by atoms with Crippen molar-refractivity contribution in [3.63, 3.8) is 0 Å². The van der Waals surface area contributed by atoms with Crippen molar-refractivity contribution in [1.29, 1.82) is 0 Å². The first-order valence-electron chi connectivity index (χ1n) is 8.64. The van der Waals surface area contributed by atoms with Gasteiger partial charge in [0, 0.05) is 16.5 Å². The van der Waals surface area contributed by atoms with Gasteiger partial charge in [0.2, 0.25) is 15.9 Å². The van der Waals surface area contributed by atoms with Crippen LogP contribution in [0.4, 0.5) is 5.69 Å². The highest BCUT2D eigenvalue weighted by Gasteiger charge is 2.17. The van der Waals surface area contributed by atoms with Crippen LogP contribution in [0.5, 0.6) is 5.75 Å². The van der Waals surface area contributed by atoms with Gasteiger partial charge in [-0.3, -0.25) is 9.10 Å². The van der Waals surface area contributed by atoms with Crippen molar-refractivity contribution in [1.82, 2.24) is 5.32 Å². The van der Waals surface area contributed by atoms with E-state index >= 15 is 0 Å². The Kier molecular flexibility index (Phi) is 8.84. The van der Waals surface area contributed by atoms with E-state index in [0.29, 0.717) is 36.0 Å². The van der Waals surface area contributed by atoms with Gasteiger partial charge >= 0.3 is 0 Å². The number of halogens is 2. The Hall–Kier alpha value is -1.52. The summed E-state index contributed by atoms with van der Waals surface area (Å²) in [5.74, 6) is 0.415. The van der Waals surface area contributed by atoms with E-state index in [2.05, 4.69) is 27.9 Å². The summed E-state index contributed by atoms with van der Waals surface area (Å²) in [5.41, 5.74) is 0.594. The Morgan fingerprint density at radius 2 is 1.86 bits per heavy atom. The first-order valence-corrected chi connectivity index (χ1v) is 11.9. The number of carbonyl (C=O) groups excluding carboxylic acids is 1. The summed E-state index contributed by atoms with van der Waals surface area (Å²) in [6, 6.07) is 14.3. The van der Waals surface area contributed by atoms with Crippen molar-refractivity contribution >= 4 is 55.8 Å². The summed E-state index contributed by atoms with van der Waals surface area (Å²) in [4.78, 5) is 12.0. The summed E-state index contributed by atoms with van der Waals surface area (Å²) in [5, 5.41) is 3.27. The molecule has 2 rings (SSSR count). The molecule has 0 aliphatic heterocycles. The molecular weight excluding hydrogens is 515 g/mol. The Morgan fingerprint density at radius 3 is 2.50 bits per heavy atom. The van der Waals surface area contributed by atoms with Crippen molar-refractivity contribution in [2.75, 3.05) is 30.3 Å². The molecule has 0 spiro atoms. The molecule has 0 unspecified atom stereocenters. The number of hydrogen-bond donors (Lipinski definition) is 1. The molecule has 0 saturated carbocycles. The average Bonchev–Trinajstić information content (AvgIpc) is 2.64. The van der Waals surface area contributed by atoms with Crippen LogP contribution in [0.3, 0.4) is 0 Å². The molecule has 1 amide bonds. The number of hydrogen-bond acceptors (Lipinski definition) is 4. The average molecular weight is 537 g/mol. The fourth-order valence-corrected chi connectivity index (χ4v) is 3.99. The highest BCUT2D eigenvalue weighted by Crippen LogP contribution is 2.22. The summed E-state index contributed by atoms with van der Waals surface area (Å²) >= 11 is 8.15. The van der Waals surface area contributed by atoms with E-state index in [1.54, 1.807) is 24.3 Å². The normalized spacial score (nSPS) is 11.1. The zero-order chi connectivity index (χ0) is 20.6. The van der Waals surface area contributed by atoms with E-state index in [4.69, 9.17) is 16.3 Å². The smallest absolute Gasteiger partial charge is 0.232 e. The maximum absolute atomic E-state index is 12.1. The van der Waals surface area contributed by atoms with Crippen molar-refractivity contribution < 1.29 is 17.9 Å². The number of sulfonamides is 1. The van der Waals surface area contributed by atoms with Gasteiger partial charge in [-0.15, -0.1) is 0 Å². The predicted molar refractivity (Wildman–Crippen MR) is 121 cm³/mol. The van der Waals surface area contributed by atoms with Crippen molar-refractivity contribution in [3.8, 4) is 5.75 Å². The minimum Gasteiger partial charge on any atom is -0.490 e. The number of nitrogens with one attached hydrogen (secondary N) is 1. The molecule has 2 aromatic rings. The Balaban J connectivity index is 1.75. The van der Waals surface area contributed by atoms with E-state index in [0.717, 1.165) is 9.83 Å². The van der Waals surface area contributed by atoms with Gasteiger partial charge in [0.25, 0.3) is 0 Å². The van der Waals surface area contributed by atoms with E-state index in [9.17, 15) is 13.2 Å². The van der Waals surface area contributed by atoms with Crippen molar-refractivity contribution in [2.45, 2.75) is 12.8 Å². The molecule has 0 aromatic heterocycles. The highest BCUT2D eigenvalue weighted by atomic mass is 127. The molecule has 1 N–H and O–H groups in total. The summed E-state index contributed by atoms with van der Waals surface area (Å²) in [6.45, 7) is 0.882. The number of rotatable bonds is 10. The van der Waals surface area contributed by atoms with E-state index < -0.39 is 10.0 Å². The number of benzene rings is 2. The number of nitrogens with zero attached hydrogens (tertiary/aromatic N) is 1. The molecule has 0 aliphatic carbocycles. The first-order chi connectivity index (χ1) is 13.3. The molecule has 6 nitrogen and oxygen atoms in total. The maximum atomic E-state index is 12.1. The van der Waals surface area contributed by atoms with E-state index in [1.165, 1.54) is 4.31 Å². The third-order valence-corrected chi connectivity index (χ3v) is 6.02. The second-order valence-corrected chi connectivity index (χ2v) is 9.60. The standard InChI is InChI=1S/C19H22ClIN2O4S/c1-28(25,26)23(16-10-8-15(21)9-11-16)13-4-7-19(24)22-12-14-27-18-6-3-2-5-17(18)20/h2-3,5-6,8-11H,4,7,12-14H2,1H3,(H,22,24). The topological polar surface area (TPSA) is 75.7 Å². The quantitative estimate of drug-likeness (QED) is 0.371. The van der Waals surface area contributed by atoms with Crippen LogP contribution in [0.15, 0.2) is 48.5 Å². The molecule has 0 radical (unpaired) electrons. The molecule has 0 fully saturated rings. The second kappa shape index (κ2) is 10.9. The van der Waals surface area contributed by atoms with Gasteiger partial charge in [-0.1, -0.05) is 23.7 Å². The third-order valence-electron chi connectivity index (χ3n) is 3.80. The monoisotopic (exact) mass is 536 g/mol. The van der Waals surface area contributed by atoms with Gasteiger partial charge < -0.3 is 10.1 Å². The summed E-state index contributed by atoms with van der Waals surface area (Å²) in [7, 11) is -3.42. The van der Waals surface area contributed by atoms with Gasteiger partial charge in [0.15, 0.2) is 0 Å². The third kappa shape index (κ3) is 7.48. The van der Waals surface area contributed by atoms with Gasteiger partial charge in [0.1, 0.15) is 12.4 Å². The minimum absolute atomic E-state index is 0.154. The van der Waals surface area contributed by atoms with Gasteiger partial charge in [0.05, 0.1) is 23.5 Å². The molecule has 2 aromatic carbocycles. The van der Waals surface area contributed by atoms with Crippen LogP contribution in [0, 0.1) is 3.57 Å². The lowest BCUT2D eigenvalue weighted by atomic mass is 10.2. The second-order valence-electron chi connectivity index (χ2n) is 6.04. The summed E-state index contributed by atoms with van der Waals surface area (Å²) in [6.07, 6.45) is 1.80. The molecular formula is C19H22ClIN2O4S. The Labute approximate surface area is 184 Å². The molecule has 0 bridgehead atoms. The molecule has 0 saturated heterocycles. The fourth-order valence-electron chi connectivity index (χ4n) is 2.48. The SMILES string of the molecule is CS(=O)(=O)N(CCCC(=O)NCCOc1ccccc1Cl)c1ccc(I)cc1. The zero-order valence-electron chi connectivity index (χ0n) is 15.4. The lowest BCUT2D eigenvalue weighted by molar-refractivity contribution is -0.121. The van der Waals surface area contributed by atoms with Crippen molar-refractivity contribution in [3.05, 3.63) is 57.1 Å². The Bertz CT molecular complexity index is 891. The van der Waals surface area contributed by atoms with Crippen molar-refractivity contribution in [2.24, 2.45) is 0 Å². The Morgan fingerprint density at radius 1 is 1.18 bits per heavy atom. The molecule has 0 heterocycles. The molecule has 152 valence electrons. The molecule has 28 heavy (non-hydrogen) atoms. The van der Waals surface area contributed by atoms with Crippen LogP contribution in [0.1, 0.15) is 12.8 Å². The van der Waals surface area contributed by atoms with Gasteiger partial charge in [-0.2, -0.15) is 0 Å². The predicted octanol–water partition coefficient (Wildman–Crippen LogP) is 3.69. The number of carbonyl (C=O) groups is 1. The maximum Gasteiger partial charge on any atom is 0.232 e. The van der Waals surface area contributed by atoms with E-state index in [-0.39, 0.29) is 18.9 Å². The lowest BCUT2D eigenvalue weighted by Crippen LogP contribution is -2.32. The number of amides is 1. The largest absolute Gasteiger partial charge is 0.490 e. The number of anilines is 1. The highest BCUT2D eigenvalue weighted by molar-refractivity contribution is 14.1. The van der Waals surface area contributed by atoms with Crippen LogP contribution in [-0.2, 0) is 14.8 Å². The minimum atomic E-state index is -3.42. The number of ether oxygens (including phenoxy) is 1. The van der Waals surface area contributed by atoms with Crippen LogP contribution >= 0.6 is 34.2 Å². The molecule has 0 atom stereocenters. The zero-order valence-corrected chi connectivity index (χ0v) is 19.1. The summed E-state index contributed by atoms with van der Waals surface area (Å²) < 4.78 is 32.0. The van der Waals surface area contributed by atoms with E-state index in [1.807, 2.05) is 24.3 Å². The first kappa shape index (κ1) is 22.8. The van der Waals surface area contributed by atoms with Crippen LogP contribution in [-0.4, -0.2) is 40.3 Å². The van der Waals surface area contributed by atoms with Crippen LogP contribution in [0.2, 0.25) is 5.02 Å². The number of para-hydroxylation sites is 1.